The van der Waals surface area contributed by atoms with Gasteiger partial charge in [-0.15, -0.1) is 0 Å². The lowest BCUT2D eigenvalue weighted by Gasteiger charge is -2.28. The molecule has 0 aromatic carbocycles. The van der Waals surface area contributed by atoms with Crippen molar-refractivity contribution < 1.29 is 9.53 Å². The summed E-state index contributed by atoms with van der Waals surface area (Å²) in [5.74, 6) is 1.19. The first-order chi connectivity index (χ1) is 6.20. The lowest BCUT2D eigenvalue weighted by Crippen LogP contribution is -2.42. The molecule has 1 aromatic heterocycles. The van der Waals surface area contributed by atoms with Gasteiger partial charge in [-0.3, -0.25) is 9.69 Å². The minimum Gasteiger partial charge on any atom is -0.477 e. The molecule has 0 bridgehead atoms. The molecule has 4 heteroatoms. The predicted octanol–water partition coefficient (Wildman–Crippen LogP) is 0.825. The number of likely N-dealkylation sites (N-methyl/N-ethyl adjacent to an activating group) is 1. The van der Waals surface area contributed by atoms with E-state index in [1.165, 1.54) is 4.90 Å². The molecule has 0 radical (unpaired) electrons. The molecule has 0 N–H and O–H groups in total. The van der Waals surface area contributed by atoms with Crippen LogP contribution < -0.4 is 9.64 Å². The number of ether oxygens (including phenoxy) is 1. The Morgan fingerprint density at radius 2 is 2.38 bits per heavy atom. The molecule has 1 unspecified atom stereocenters. The third kappa shape index (κ3) is 1.14. The van der Waals surface area contributed by atoms with Crippen LogP contribution in [0.2, 0.25) is 0 Å². The summed E-state index contributed by atoms with van der Waals surface area (Å²) in [6, 6.07) is 3.59. The molecule has 1 aliphatic heterocycles. The minimum absolute atomic E-state index is 0.0637. The van der Waals surface area contributed by atoms with Crippen molar-refractivity contribution in [3.63, 3.8) is 0 Å². The maximum Gasteiger partial charge on any atom is 0.268 e. The first-order valence-electron chi connectivity index (χ1n) is 4.09. The smallest absolute Gasteiger partial charge is 0.268 e. The molecule has 68 valence electrons. The Labute approximate surface area is 76.1 Å². The number of rotatable bonds is 0. The van der Waals surface area contributed by atoms with Crippen molar-refractivity contribution in [1.82, 2.24) is 4.98 Å². The van der Waals surface area contributed by atoms with Gasteiger partial charge in [0.1, 0.15) is 0 Å². The van der Waals surface area contributed by atoms with Crippen LogP contribution in [0.4, 0.5) is 5.82 Å². The molecule has 0 saturated carbocycles. The topological polar surface area (TPSA) is 42.4 Å². The largest absolute Gasteiger partial charge is 0.477 e. The Balaban J connectivity index is 2.49. The van der Waals surface area contributed by atoms with Crippen LogP contribution in [0.1, 0.15) is 6.92 Å². The summed E-state index contributed by atoms with van der Waals surface area (Å²) in [5, 5.41) is 0. The predicted molar refractivity (Wildman–Crippen MR) is 47.7 cm³/mol. The van der Waals surface area contributed by atoms with Gasteiger partial charge in [-0.25, -0.2) is 4.98 Å². The molecule has 1 aliphatic rings. The number of carbonyl (C=O) groups is 1. The SMILES string of the molecule is CC1Oc2cccnc2N(C)C1=O. The fourth-order valence-electron chi connectivity index (χ4n) is 1.34. The van der Waals surface area contributed by atoms with Gasteiger partial charge >= 0.3 is 0 Å². The Kier molecular flexibility index (Phi) is 1.69. The zero-order valence-corrected chi connectivity index (χ0v) is 7.52. The molecular formula is C9H10N2O2. The van der Waals surface area contributed by atoms with Gasteiger partial charge in [0.2, 0.25) is 0 Å². The minimum atomic E-state index is -0.415. The highest BCUT2D eigenvalue weighted by Crippen LogP contribution is 2.29. The van der Waals surface area contributed by atoms with E-state index in [1.54, 1.807) is 26.2 Å². The van der Waals surface area contributed by atoms with Gasteiger partial charge in [-0.2, -0.15) is 0 Å². The molecule has 0 fully saturated rings. The zero-order valence-electron chi connectivity index (χ0n) is 7.52. The zero-order chi connectivity index (χ0) is 9.42. The molecule has 13 heavy (non-hydrogen) atoms. The van der Waals surface area contributed by atoms with Crippen LogP contribution in [0.25, 0.3) is 0 Å². The van der Waals surface area contributed by atoms with Crippen LogP contribution in [0, 0.1) is 0 Å². The lowest BCUT2D eigenvalue weighted by atomic mass is 10.2. The van der Waals surface area contributed by atoms with Crippen LogP contribution >= 0.6 is 0 Å². The molecule has 2 rings (SSSR count). The van der Waals surface area contributed by atoms with Crippen LogP contribution in [0.15, 0.2) is 18.3 Å². The number of nitrogens with zero attached hydrogens (tertiary/aromatic N) is 2. The highest BCUT2D eigenvalue weighted by Gasteiger charge is 2.29. The van der Waals surface area contributed by atoms with Gasteiger partial charge in [-0.05, 0) is 19.1 Å². The fraction of sp³-hybridized carbons (Fsp3) is 0.333. The molecule has 0 aliphatic carbocycles. The van der Waals surface area contributed by atoms with E-state index in [9.17, 15) is 4.79 Å². The van der Waals surface area contributed by atoms with Crippen molar-refractivity contribution >= 4 is 11.7 Å². The first kappa shape index (κ1) is 8.04. The number of carbonyl (C=O) groups excluding carboxylic acids is 1. The maximum atomic E-state index is 11.4. The molecular weight excluding hydrogens is 168 g/mol. The van der Waals surface area contributed by atoms with E-state index in [1.807, 2.05) is 6.07 Å². The van der Waals surface area contributed by atoms with Gasteiger partial charge in [-0.1, -0.05) is 0 Å². The first-order valence-corrected chi connectivity index (χ1v) is 4.09. The van der Waals surface area contributed by atoms with E-state index in [-0.39, 0.29) is 5.91 Å². The van der Waals surface area contributed by atoms with Gasteiger partial charge in [0.05, 0.1) is 0 Å². The van der Waals surface area contributed by atoms with E-state index < -0.39 is 6.10 Å². The van der Waals surface area contributed by atoms with Crippen LogP contribution in [-0.2, 0) is 4.79 Å². The van der Waals surface area contributed by atoms with E-state index in [0.717, 1.165) is 0 Å². The van der Waals surface area contributed by atoms with Crippen LogP contribution in [-0.4, -0.2) is 24.0 Å². The fourth-order valence-corrected chi connectivity index (χ4v) is 1.34. The van der Waals surface area contributed by atoms with Crippen LogP contribution in [0.3, 0.4) is 0 Å². The van der Waals surface area contributed by atoms with E-state index in [4.69, 9.17) is 4.74 Å². The summed E-state index contributed by atoms with van der Waals surface area (Å²) in [5.41, 5.74) is 0. The molecule has 1 aromatic rings. The third-order valence-electron chi connectivity index (χ3n) is 2.05. The number of hydrogen-bond acceptors (Lipinski definition) is 3. The van der Waals surface area contributed by atoms with E-state index in [2.05, 4.69) is 4.98 Å². The van der Waals surface area contributed by atoms with Gasteiger partial charge < -0.3 is 4.74 Å². The van der Waals surface area contributed by atoms with Crippen molar-refractivity contribution in [3.05, 3.63) is 18.3 Å². The van der Waals surface area contributed by atoms with Crippen molar-refractivity contribution in [2.45, 2.75) is 13.0 Å². The Hall–Kier alpha value is -1.58. The van der Waals surface area contributed by atoms with Crippen molar-refractivity contribution in [2.75, 3.05) is 11.9 Å². The second-order valence-corrected chi connectivity index (χ2v) is 2.98. The lowest BCUT2D eigenvalue weighted by molar-refractivity contribution is -0.125. The molecule has 0 spiro atoms. The number of aromatic nitrogens is 1. The van der Waals surface area contributed by atoms with E-state index >= 15 is 0 Å². The summed E-state index contributed by atoms with van der Waals surface area (Å²) < 4.78 is 5.36. The molecule has 2 heterocycles. The maximum absolute atomic E-state index is 11.4. The monoisotopic (exact) mass is 178 g/mol. The van der Waals surface area contributed by atoms with Crippen molar-refractivity contribution in [1.29, 1.82) is 0 Å². The number of hydrogen-bond donors (Lipinski definition) is 0. The highest BCUT2D eigenvalue weighted by atomic mass is 16.5. The van der Waals surface area contributed by atoms with E-state index in [0.29, 0.717) is 11.6 Å². The molecule has 4 nitrogen and oxygen atoms in total. The highest BCUT2D eigenvalue weighted by molar-refractivity contribution is 5.98. The van der Waals surface area contributed by atoms with Crippen molar-refractivity contribution in [3.8, 4) is 5.75 Å². The number of pyridine rings is 1. The average Bonchev–Trinajstić information content (AvgIpc) is 2.15. The summed E-state index contributed by atoms with van der Waals surface area (Å²) >= 11 is 0. The standard InChI is InChI=1S/C9H10N2O2/c1-6-9(12)11(2)8-7(13-6)4-3-5-10-8/h3-6H,1-2H3. The number of anilines is 1. The normalized spacial score (nSPS) is 20.9. The van der Waals surface area contributed by atoms with Gasteiger partial charge in [0.25, 0.3) is 5.91 Å². The summed E-state index contributed by atoms with van der Waals surface area (Å²) in [7, 11) is 1.70. The number of fused-ring (bicyclic) bond motifs is 1. The number of amides is 1. The molecule has 1 atom stereocenters. The van der Waals surface area contributed by atoms with Crippen molar-refractivity contribution in [2.24, 2.45) is 0 Å². The second kappa shape index (κ2) is 2.73. The Morgan fingerprint density at radius 3 is 3.15 bits per heavy atom. The summed E-state index contributed by atoms with van der Waals surface area (Å²) in [6.45, 7) is 1.73. The van der Waals surface area contributed by atoms with Gasteiger partial charge in [0, 0.05) is 13.2 Å². The second-order valence-electron chi connectivity index (χ2n) is 2.98. The molecule has 1 amide bonds. The van der Waals surface area contributed by atoms with Crippen LogP contribution in [0.5, 0.6) is 5.75 Å². The Morgan fingerprint density at radius 1 is 1.62 bits per heavy atom. The summed E-state index contributed by atoms with van der Waals surface area (Å²) in [4.78, 5) is 17.0. The summed E-state index contributed by atoms with van der Waals surface area (Å²) in [6.07, 6.45) is 1.23. The average molecular weight is 178 g/mol. The quantitative estimate of drug-likeness (QED) is 0.590. The van der Waals surface area contributed by atoms with Gasteiger partial charge in [0.15, 0.2) is 17.7 Å². The Bertz CT molecular complexity index is 351. The molecule has 0 saturated heterocycles. The third-order valence-corrected chi connectivity index (χ3v) is 2.05.